The van der Waals surface area contributed by atoms with E-state index in [4.69, 9.17) is 0 Å². The summed E-state index contributed by atoms with van der Waals surface area (Å²) in [5, 5.41) is 2.18. The Kier molecular flexibility index (Phi) is 4.42. The highest BCUT2D eigenvalue weighted by Crippen LogP contribution is 2.39. The summed E-state index contributed by atoms with van der Waals surface area (Å²) < 4.78 is 13.8. The van der Waals surface area contributed by atoms with E-state index in [9.17, 15) is 14.0 Å². The molecule has 1 aliphatic heterocycles. The van der Waals surface area contributed by atoms with E-state index in [1.165, 1.54) is 17.8 Å². The van der Waals surface area contributed by atoms with Gasteiger partial charge in [-0.2, -0.15) is 0 Å². The predicted molar refractivity (Wildman–Crippen MR) is 72.0 cm³/mol. The van der Waals surface area contributed by atoms with Crippen molar-refractivity contribution >= 4 is 23.6 Å². The first-order valence-corrected chi connectivity index (χ1v) is 7.04. The van der Waals surface area contributed by atoms with Gasteiger partial charge in [0.2, 0.25) is 11.8 Å². The summed E-state index contributed by atoms with van der Waals surface area (Å²) in [6.45, 7) is 0.310. The standard InChI is InChI=1S/C13H15FN2O2S/c1-15-11(17)6-7-16-12(18)8-19-13(16)9-4-2-3-5-10(9)14/h2-5,13H,6-8H2,1H3,(H,15,17)/t13-/m0/s1. The van der Waals surface area contributed by atoms with Gasteiger partial charge in [-0.25, -0.2) is 4.39 Å². The molecule has 102 valence electrons. The van der Waals surface area contributed by atoms with Crippen LogP contribution in [0, 0.1) is 5.82 Å². The van der Waals surface area contributed by atoms with Crippen LogP contribution in [0.4, 0.5) is 4.39 Å². The molecule has 1 N–H and O–H groups in total. The van der Waals surface area contributed by atoms with E-state index in [0.717, 1.165) is 0 Å². The normalized spacial score (nSPS) is 18.7. The molecule has 0 spiro atoms. The summed E-state index contributed by atoms with van der Waals surface area (Å²) in [5.41, 5.74) is 0.496. The maximum absolute atomic E-state index is 13.8. The molecular formula is C13H15FN2O2S. The zero-order valence-corrected chi connectivity index (χ0v) is 11.4. The van der Waals surface area contributed by atoms with Gasteiger partial charge < -0.3 is 10.2 Å². The lowest BCUT2D eigenvalue weighted by molar-refractivity contribution is -0.129. The lowest BCUT2D eigenvalue weighted by Crippen LogP contribution is -2.32. The molecule has 0 aliphatic carbocycles. The zero-order chi connectivity index (χ0) is 13.8. The highest BCUT2D eigenvalue weighted by molar-refractivity contribution is 8.00. The van der Waals surface area contributed by atoms with E-state index in [2.05, 4.69) is 5.32 Å². The van der Waals surface area contributed by atoms with Gasteiger partial charge in [-0.05, 0) is 6.07 Å². The Morgan fingerprint density at radius 3 is 2.95 bits per heavy atom. The highest BCUT2D eigenvalue weighted by Gasteiger charge is 2.34. The Bertz CT molecular complexity index is 495. The van der Waals surface area contributed by atoms with Crippen molar-refractivity contribution in [2.75, 3.05) is 19.3 Å². The number of nitrogens with zero attached hydrogens (tertiary/aromatic N) is 1. The van der Waals surface area contributed by atoms with Crippen molar-refractivity contribution in [1.82, 2.24) is 10.2 Å². The second-order valence-corrected chi connectivity index (χ2v) is 5.26. The van der Waals surface area contributed by atoms with Crippen LogP contribution in [-0.2, 0) is 9.59 Å². The number of carbonyl (C=O) groups is 2. The average molecular weight is 282 g/mol. The Hall–Kier alpha value is -1.56. The summed E-state index contributed by atoms with van der Waals surface area (Å²) >= 11 is 1.39. The van der Waals surface area contributed by atoms with Crippen LogP contribution >= 0.6 is 11.8 Å². The minimum absolute atomic E-state index is 0.0536. The Morgan fingerprint density at radius 2 is 2.26 bits per heavy atom. The second-order valence-electron chi connectivity index (χ2n) is 4.20. The molecule has 0 aromatic heterocycles. The maximum Gasteiger partial charge on any atom is 0.233 e. The molecule has 0 radical (unpaired) electrons. The zero-order valence-electron chi connectivity index (χ0n) is 10.6. The molecule has 1 saturated heterocycles. The van der Waals surface area contributed by atoms with Crippen LogP contribution in [0.15, 0.2) is 24.3 Å². The number of carbonyl (C=O) groups excluding carboxylic acids is 2. The van der Waals surface area contributed by atoms with Crippen molar-refractivity contribution in [3.63, 3.8) is 0 Å². The maximum atomic E-state index is 13.8. The van der Waals surface area contributed by atoms with Gasteiger partial charge in [-0.15, -0.1) is 11.8 Å². The lowest BCUT2D eigenvalue weighted by Gasteiger charge is -2.24. The first kappa shape index (κ1) is 13.9. The molecule has 1 aromatic carbocycles. The van der Waals surface area contributed by atoms with Crippen LogP contribution in [0.1, 0.15) is 17.4 Å². The van der Waals surface area contributed by atoms with Crippen LogP contribution < -0.4 is 5.32 Å². The SMILES string of the molecule is CNC(=O)CCN1C(=O)CS[C@H]1c1ccccc1F. The molecule has 1 heterocycles. The molecular weight excluding hydrogens is 267 g/mol. The monoisotopic (exact) mass is 282 g/mol. The van der Waals surface area contributed by atoms with Crippen molar-refractivity contribution in [2.24, 2.45) is 0 Å². The predicted octanol–water partition coefficient (Wildman–Crippen LogP) is 1.54. The molecule has 1 atom stereocenters. The molecule has 0 bridgehead atoms. The van der Waals surface area contributed by atoms with E-state index < -0.39 is 0 Å². The summed E-state index contributed by atoms with van der Waals surface area (Å²) in [6.07, 6.45) is 0.230. The fraction of sp³-hybridized carbons (Fsp3) is 0.385. The van der Waals surface area contributed by atoms with Crippen LogP contribution in [0.25, 0.3) is 0 Å². The molecule has 2 amide bonds. The summed E-state index contributed by atoms with van der Waals surface area (Å²) in [5.74, 6) is -0.175. The van der Waals surface area contributed by atoms with Gasteiger partial charge >= 0.3 is 0 Å². The first-order chi connectivity index (χ1) is 9.13. The van der Waals surface area contributed by atoms with Gasteiger partial charge in [0.15, 0.2) is 0 Å². The first-order valence-electron chi connectivity index (χ1n) is 5.99. The second kappa shape index (κ2) is 6.06. The van der Waals surface area contributed by atoms with Gasteiger partial charge in [0.25, 0.3) is 0 Å². The van der Waals surface area contributed by atoms with E-state index in [1.54, 1.807) is 30.1 Å². The van der Waals surface area contributed by atoms with Gasteiger partial charge in [0.1, 0.15) is 11.2 Å². The molecule has 1 aliphatic rings. The van der Waals surface area contributed by atoms with Crippen LogP contribution in [0.2, 0.25) is 0 Å². The third kappa shape index (κ3) is 3.07. The fourth-order valence-electron chi connectivity index (χ4n) is 1.98. The Morgan fingerprint density at radius 1 is 1.53 bits per heavy atom. The molecule has 0 unspecified atom stereocenters. The number of hydrogen-bond acceptors (Lipinski definition) is 3. The minimum atomic E-state index is -0.335. The molecule has 6 heteroatoms. The van der Waals surface area contributed by atoms with Crippen LogP contribution in [0.3, 0.4) is 0 Å². The smallest absolute Gasteiger partial charge is 0.233 e. The van der Waals surface area contributed by atoms with Crippen LogP contribution in [-0.4, -0.2) is 36.1 Å². The van der Waals surface area contributed by atoms with E-state index in [1.807, 2.05) is 0 Å². The lowest BCUT2D eigenvalue weighted by atomic mass is 10.2. The van der Waals surface area contributed by atoms with E-state index in [-0.39, 0.29) is 29.4 Å². The highest BCUT2D eigenvalue weighted by atomic mass is 32.2. The summed E-state index contributed by atoms with van der Waals surface area (Å²) in [6, 6.07) is 6.43. The molecule has 1 aromatic rings. The van der Waals surface area contributed by atoms with E-state index >= 15 is 0 Å². The third-order valence-electron chi connectivity index (χ3n) is 3.00. The number of hydrogen-bond donors (Lipinski definition) is 1. The van der Waals surface area contributed by atoms with Crippen molar-refractivity contribution in [3.8, 4) is 0 Å². The summed E-state index contributed by atoms with van der Waals surface area (Å²) in [7, 11) is 1.55. The van der Waals surface area contributed by atoms with Crippen molar-refractivity contribution < 1.29 is 14.0 Å². The Labute approximate surface area is 115 Å². The molecule has 4 nitrogen and oxygen atoms in total. The number of thioether (sulfide) groups is 1. The van der Waals surface area contributed by atoms with Gasteiger partial charge in [-0.3, -0.25) is 9.59 Å². The molecule has 1 fully saturated rings. The molecule has 2 rings (SSSR count). The Balaban J connectivity index is 2.13. The van der Waals surface area contributed by atoms with Gasteiger partial charge in [0, 0.05) is 25.6 Å². The third-order valence-corrected chi connectivity index (χ3v) is 4.24. The number of amides is 2. The fourth-order valence-corrected chi connectivity index (χ4v) is 3.22. The van der Waals surface area contributed by atoms with Crippen molar-refractivity contribution in [3.05, 3.63) is 35.6 Å². The van der Waals surface area contributed by atoms with Gasteiger partial charge in [-0.1, -0.05) is 18.2 Å². The molecule has 0 saturated carbocycles. The number of nitrogens with one attached hydrogen (secondary N) is 1. The molecule has 19 heavy (non-hydrogen) atoms. The largest absolute Gasteiger partial charge is 0.359 e. The van der Waals surface area contributed by atoms with Crippen molar-refractivity contribution in [2.45, 2.75) is 11.8 Å². The van der Waals surface area contributed by atoms with Crippen molar-refractivity contribution in [1.29, 1.82) is 0 Å². The average Bonchev–Trinajstić information content (AvgIpc) is 2.78. The van der Waals surface area contributed by atoms with E-state index in [0.29, 0.717) is 17.9 Å². The summed E-state index contributed by atoms with van der Waals surface area (Å²) in [4.78, 5) is 24.6. The van der Waals surface area contributed by atoms with Crippen LogP contribution in [0.5, 0.6) is 0 Å². The number of rotatable bonds is 4. The number of halogens is 1. The topological polar surface area (TPSA) is 49.4 Å². The minimum Gasteiger partial charge on any atom is -0.359 e. The van der Waals surface area contributed by atoms with Gasteiger partial charge in [0.05, 0.1) is 5.75 Å². The number of benzene rings is 1. The quantitative estimate of drug-likeness (QED) is 0.911.